The summed E-state index contributed by atoms with van der Waals surface area (Å²) < 4.78 is 6.43. The van der Waals surface area contributed by atoms with Crippen molar-refractivity contribution in [3.05, 3.63) is 33.3 Å². The van der Waals surface area contributed by atoms with Crippen molar-refractivity contribution in [1.29, 1.82) is 0 Å². The highest BCUT2D eigenvalue weighted by atomic mass is 79.9. The highest BCUT2D eigenvalue weighted by Crippen LogP contribution is 2.42. The lowest BCUT2D eigenvalue weighted by Gasteiger charge is -2.35. The normalized spacial score (nSPS) is 29.3. The van der Waals surface area contributed by atoms with Crippen molar-refractivity contribution in [2.75, 3.05) is 7.11 Å². The Morgan fingerprint density at radius 3 is 2.20 bits per heavy atom. The lowest BCUT2D eigenvalue weighted by molar-refractivity contribution is -0.126. The lowest BCUT2D eigenvalue weighted by atomic mass is 9.74. The van der Waals surface area contributed by atoms with Crippen molar-refractivity contribution >= 4 is 27.6 Å². The molecule has 1 saturated carbocycles. The van der Waals surface area contributed by atoms with Crippen molar-refractivity contribution in [3.63, 3.8) is 0 Å². The van der Waals surface area contributed by atoms with E-state index in [1.165, 1.54) is 0 Å². The Bertz CT molecular complexity index is 667. The van der Waals surface area contributed by atoms with Crippen LogP contribution in [0.5, 0.6) is 0 Å². The molecule has 0 aromatic heterocycles. The molecule has 1 amide bonds. The molecule has 1 spiro atoms. The predicted octanol–water partition coefficient (Wildman–Crippen LogP) is 3.68. The van der Waals surface area contributed by atoms with Crippen molar-refractivity contribution in [2.24, 2.45) is 0 Å². The van der Waals surface area contributed by atoms with Crippen LogP contribution in [0.3, 0.4) is 0 Å². The minimum Gasteiger partial charge on any atom is -0.381 e. The molecule has 3 rings (SSSR count). The zero-order valence-electron chi connectivity index (χ0n) is 15.2. The molecular weight excluding hydrogens is 382 g/mol. The van der Waals surface area contributed by atoms with Gasteiger partial charge in [-0.05, 0) is 67.3 Å². The number of benzene rings is 1. The highest BCUT2D eigenvalue weighted by Gasteiger charge is 2.54. The van der Waals surface area contributed by atoms with Gasteiger partial charge in [0, 0.05) is 11.6 Å². The number of carbonyl (C=O) groups is 2. The fourth-order valence-electron chi connectivity index (χ4n) is 4.41. The average Bonchev–Trinajstić information content (AvgIpc) is 2.85. The molecule has 1 saturated heterocycles. The Hall–Kier alpha value is -1.20. The summed E-state index contributed by atoms with van der Waals surface area (Å²) in [6.45, 7) is 4.14. The van der Waals surface area contributed by atoms with E-state index in [4.69, 9.17) is 4.74 Å². The third-order valence-corrected chi connectivity index (χ3v) is 6.30. The molecule has 1 aromatic rings. The maximum absolute atomic E-state index is 13.4. The van der Waals surface area contributed by atoms with E-state index in [1.54, 1.807) is 7.11 Å². The van der Waals surface area contributed by atoms with Gasteiger partial charge in [-0.25, -0.2) is 0 Å². The van der Waals surface area contributed by atoms with E-state index in [0.29, 0.717) is 12.8 Å². The van der Waals surface area contributed by atoms with Crippen LogP contribution in [-0.2, 0) is 27.2 Å². The number of carbonyl (C=O) groups excluding carboxylic acids is 2. The number of nitrogens with one attached hydrogen (secondary N) is 1. The van der Waals surface area contributed by atoms with Crippen LogP contribution >= 0.6 is 15.9 Å². The third kappa shape index (κ3) is 3.17. The fourth-order valence-corrected chi connectivity index (χ4v) is 4.96. The summed E-state index contributed by atoms with van der Waals surface area (Å²) in [6, 6.07) is 4.09. The monoisotopic (exact) mass is 407 g/mol. The number of ketones is 1. The molecule has 0 radical (unpaired) electrons. The summed E-state index contributed by atoms with van der Waals surface area (Å²) in [6.07, 6.45) is 4.78. The number of hydrogen-bond acceptors (Lipinski definition) is 3. The van der Waals surface area contributed by atoms with Gasteiger partial charge in [0.2, 0.25) is 5.91 Å². The largest absolute Gasteiger partial charge is 0.381 e. The number of Topliss-reactive ketones (excluding diaryl/α,β-unsaturated/α-hetero) is 1. The number of hydrogen-bond donors (Lipinski definition) is 1. The summed E-state index contributed by atoms with van der Waals surface area (Å²) in [4.78, 5) is 26.2. The average molecular weight is 408 g/mol. The number of amides is 1. The molecule has 1 heterocycles. The van der Waals surface area contributed by atoms with Crippen molar-refractivity contribution in [2.45, 2.75) is 69.9 Å². The van der Waals surface area contributed by atoms with E-state index in [1.807, 2.05) is 12.1 Å². The van der Waals surface area contributed by atoms with Crippen molar-refractivity contribution in [1.82, 2.24) is 5.32 Å². The number of rotatable bonds is 4. The Morgan fingerprint density at radius 2 is 1.72 bits per heavy atom. The SMILES string of the molecule is CCc1cc(Br)cc(CC)c1C1C(=O)NC2(CCC(OC)CC2)C1=O. The Kier molecular flexibility index (Phi) is 5.35. The van der Waals surface area contributed by atoms with E-state index >= 15 is 0 Å². The van der Waals surface area contributed by atoms with Gasteiger partial charge < -0.3 is 10.1 Å². The molecule has 2 aliphatic rings. The fraction of sp³-hybridized carbons (Fsp3) is 0.600. The summed E-state index contributed by atoms with van der Waals surface area (Å²) in [5.74, 6) is -0.747. The molecule has 1 aliphatic carbocycles. The topological polar surface area (TPSA) is 55.4 Å². The Labute approximate surface area is 157 Å². The van der Waals surface area contributed by atoms with Gasteiger partial charge in [-0.1, -0.05) is 29.8 Å². The number of methoxy groups -OCH3 is 1. The van der Waals surface area contributed by atoms with Crippen molar-refractivity contribution in [3.8, 4) is 0 Å². The molecular formula is C20H26BrNO3. The van der Waals surface area contributed by atoms with Crippen LogP contribution in [0.4, 0.5) is 0 Å². The molecule has 1 aromatic carbocycles. The number of halogens is 1. The summed E-state index contributed by atoms with van der Waals surface area (Å²) >= 11 is 3.55. The molecule has 1 N–H and O–H groups in total. The van der Waals surface area contributed by atoms with Crippen LogP contribution in [0, 0.1) is 0 Å². The van der Waals surface area contributed by atoms with Crippen LogP contribution in [0.25, 0.3) is 0 Å². The first-order chi connectivity index (χ1) is 12.0. The van der Waals surface area contributed by atoms with Crippen molar-refractivity contribution < 1.29 is 14.3 Å². The van der Waals surface area contributed by atoms with Crippen LogP contribution in [0.1, 0.15) is 62.1 Å². The molecule has 0 bridgehead atoms. The zero-order valence-corrected chi connectivity index (χ0v) is 16.7. The number of aryl methyl sites for hydroxylation is 2. The minimum absolute atomic E-state index is 0.0544. The highest BCUT2D eigenvalue weighted by molar-refractivity contribution is 9.10. The molecule has 136 valence electrons. The summed E-state index contributed by atoms with van der Waals surface area (Å²) in [7, 11) is 1.71. The van der Waals surface area contributed by atoms with E-state index in [-0.39, 0.29) is 17.8 Å². The first-order valence-electron chi connectivity index (χ1n) is 9.16. The number of ether oxygens (including phenoxy) is 1. The molecule has 4 nitrogen and oxygen atoms in total. The minimum atomic E-state index is -0.695. The molecule has 1 atom stereocenters. The first kappa shape index (κ1) is 18.6. The van der Waals surface area contributed by atoms with Gasteiger partial charge in [0.1, 0.15) is 5.92 Å². The van der Waals surface area contributed by atoms with Gasteiger partial charge in [0.15, 0.2) is 5.78 Å². The van der Waals surface area contributed by atoms with E-state index < -0.39 is 11.5 Å². The van der Waals surface area contributed by atoms with E-state index in [2.05, 4.69) is 35.1 Å². The van der Waals surface area contributed by atoms with Crippen LogP contribution in [-0.4, -0.2) is 30.4 Å². The molecule has 1 aliphatic heterocycles. The second kappa shape index (κ2) is 7.20. The maximum Gasteiger partial charge on any atom is 0.235 e. The van der Waals surface area contributed by atoms with Crippen LogP contribution in [0.15, 0.2) is 16.6 Å². The predicted molar refractivity (Wildman–Crippen MR) is 101 cm³/mol. The Morgan fingerprint density at radius 1 is 1.16 bits per heavy atom. The van der Waals surface area contributed by atoms with Crippen LogP contribution < -0.4 is 5.32 Å². The van der Waals surface area contributed by atoms with Gasteiger partial charge >= 0.3 is 0 Å². The van der Waals surface area contributed by atoms with Gasteiger partial charge in [0.25, 0.3) is 0 Å². The quantitative estimate of drug-likeness (QED) is 0.774. The van der Waals surface area contributed by atoms with Gasteiger partial charge in [0.05, 0.1) is 11.6 Å². The van der Waals surface area contributed by atoms with Gasteiger partial charge in [-0.3, -0.25) is 9.59 Å². The van der Waals surface area contributed by atoms with Gasteiger partial charge in [-0.15, -0.1) is 0 Å². The Balaban J connectivity index is 1.99. The lowest BCUT2D eigenvalue weighted by Crippen LogP contribution is -2.50. The van der Waals surface area contributed by atoms with E-state index in [0.717, 1.165) is 46.8 Å². The molecule has 25 heavy (non-hydrogen) atoms. The second-order valence-electron chi connectivity index (χ2n) is 7.15. The maximum atomic E-state index is 13.4. The molecule has 2 fully saturated rings. The van der Waals surface area contributed by atoms with Crippen LogP contribution in [0.2, 0.25) is 0 Å². The molecule has 1 unspecified atom stereocenters. The molecule has 5 heteroatoms. The van der Waals surface area contributed by atoms with E-state index in [9.17, 15) is 9.59 Å². The summed E-state index contributed by atoms with van der Waals surface area (Å²) in [5, 5.41) is 3.07. The van der Waals surface area contributed by atoms with Gasteiger partial charge in [-0.2, -0.15) is 0 Å². The third-order valence-electron chi connectivity index (χ3n) is 5.84. The second-order valence-corrected chi connectivity index (χ2v) is 8.06. The standard InChI is InChI=1S/C20H26BrNO3/c1-4-12-10-14(21)11-13(5-2)16(12)17-18(23)20(22-19(17)24)8-6-15(25-3)7-9-20/h10-11,15,17H,4-9H2,1-3H3,(H,22,24). The summed E-state index contributed by atoms with van der Waals surface area (Å²) in [5.41, 5.74) is 2.41. The zero-order chi connectivity index (χ0) is 18.2. The smallest absolute Gasteiger partial charge is 0.235 e. The first-order valence-corrected chi connectivity index (χ1v) is 9.95.